The Hall–Kier alpha value is 1.19. The first-order valence-electron chi connectivity index (χ1n) is 1.73. The monoisotopic (exact) mass is 169 g/mol. The minimum atomic E-state index is -0.0625. The Labute approximate surface area is 40.5 Å². The molecule has 0 fully saturated rings. The third kappa shape index (κ3) is 10.8. The van der Waals surface area contributed by atoms with E-state index >= 15 is 0 Å². The van der Waals surface area contributed by atoms with Crippen LogP contribution in [0, 0.1) is 0 Å². The minimum absolute atomic E-state index is 0. The van der Waals surface area contributed by atoms with E-state index in [2.05, 4.69) is 0 Å². The van der Waals surface area contributed by atoms with Crippen LogP contribution in [-0.4, -0.2) is 38.7 Å². The van der Waals surface area contributed by atoms with Crippen molar-refractivity contribution in [2.75, 3.05) is 0 Å². The molecular weight excluding hydrogens is 157 g/mol. The van der Waals surface area contributed by atoms with Crippen LogP contribution in [0.5, 0.6) is 0 Å². The van der Waals surface area contributed by atoms with E-state index in [1.165, 1.54) is 0 Å². The molecule has 0 aliphatic carbocycles. The molecule has 0 aliphatic heterocycles. The topological polar surface area (TPSA) is 0 Å². The van der Waals surface area contributed by atoms with Gasteiger partial charge in [0.1, 0.15) is 0 Å². The van der Waals surface area contributed by atoms with Gasteiger partial charge in [0.25, 0.3) is 0 Å². The fourth-order valence-corrected chi connectivity index (χ4v) is 0. The van der Waals surface area contributed by atoms with Crippen LogP contribution in [-0.2, 0) is 0 Å². The van der Waals surface area contributed by atoms with Gasteiger partial charge in [-0.1, -0.05) is 0 Å². The number of hydrogen-bond acceptors (Lipinski definition) is 0. The maximum atomic E-state index is 1.66. The molecule has 0 rings (SSSR count). The van der Waals surface area contributed by atoms with E-state index in [4.69, 9.17) is 0 Å². The van der Waals surface area contributed by atoms with Gasteiger partial charge < -0.3 is 1.43 Å². The summed E-state index contributed by atoms with van der Waals surface area (Å²) in [6.07, 6.45) is 0. The molecule has 0 aromatic carbocycles. The van der Waals surface area contributed by atoms with Crippen LogP contribution in [0.1, 0.15) is 1.43 Å². The van der Waals surface area contributed by atoms with Crippen molar-refractivity contribution in [1.82, 2.24) is 0 Å². The van der Waals surface area contributed by atoms with Gasteiger partial charge in [-0.05, 0) is 0 Å². The Balaban J connectivity index is 0. The van der Waals surface area contributed by atoms with E-state index in [0.29, 0.717) is 0 Å². The standard InChI is InChI=1S/GeH10Si3.H/c2-1(3)4;/h1H,2-4H3;/q;-1. The van der Waals surface area contributed by atoms with Gasteiger partial charge in [-0.2, -0.15) is 0 Å². The predicted molar refractivity (Wildman–Crippen MR) is 38.1 cm³/mol. The molecule has 0 amide bonds. The molecular formula is H11GeSi3-. The maximum absolute atomic E-state index is 1.66. The van der Waals surface area contributed by atoms with E-state index in [1.54, 1.807) is 26.3 Å². The summed E-state index contributed by atoms with van der Waals surface area (Å²) in [7, 11) is 4.98. The fraction of sp³-hybridized carbons (Fsp3) is 0. The molecule has 0 radical (unpaired) electrons. The number of hydrogen-bond donors (Lipinski definition) is 0. The first kappa shape index (κ1) is 5.19. The van der Waals surface area contributed by atoms with E-state index in [0.717, 1.165) is 0 Å². The van der Waals surface area contributed by atoms with E-state index in [1.807, 2.05) is 0 Å². The zero-order chi connectivity index (χ0) is 3.58. The molecule has 0 nitrogen and oxygen atoms in total. The van der Waals surface area contributed by atoms with Gasteiger partial charge in [-0.25, -0.2) is 0 Å². The quantitative estimate of drug-likeness (QED) is 0.322. The van der Waals surface area contributed by atoms with Crippen LogP contribution < -0.4 is 0 Å². The zero-order valence-corrected chi connectivity index (χ0v) is 12.0. The SMILES string of the molecule is [H-].[SiH3][GeH]([SiH3])[SiH3]. The summed E-state index contributed by atoms with van der Waals surface area (Å²) in [5, 5.41) is 0. The molecule has 4 heavy (non-hydrogen) atoms. The fourth-order valence-electron chi connectivity index (χ4n) is 0. The third-order valence-corrected chi connectivity index (χ3v) is 0. The van der Waals surface area contributed by atoms with Crippen molar-refractivity contribution in [3.8, 4) is 0 Å². The van der Waals surface area contributed by atoms with Crippen LogP contribution in [0.25, 0.3) is 0 Å². The van der Waals surface area contributed by atoms with Gasteiger partial charge in [-0.3, -0.25) is 0 Å². The van der Waals surface area contributed by atoms with Crippen molar-refractivity contribution in [2.45, 2.75) is 0 Å². The van der Waals surface area contributed by atoms with Gasteiger partial charge in [0.05, 0.1) is 0 Å². The Morgan fingerprint density at radius 1 is 1.25 bits per heavy atom. The van der Waals surface area contributed by atoms with Gasteiger partial charge in [-0.15, -0.1) is 0 Å². The summed E-state index contributed by atoms with van der Waals surface area (Å²) in [6.45, 7) is 0. The van der Waals surface area contributed by atoms with E-state index < -0.39 is 0 Å². The van der Waals surface area contributed by atoms with Gasteiger partial charge >= 0.3 is 38.7 Å². The molecule has 0 aromatic rings. The third-order valence-electron chi connectivity index (χ3n) is 0. The second-order valence-electron chi connectivity index (χ2n) is 1.73. The molecule has 4 heteroatoms. The van der Waals surface area contributed by atoms with Crippen LogP contribution in [0.3, 0.4) is 0 Å². The summed E-state index contributed by atoms with van der Waals surface area (Å²) in [5.74, 6) is 0. The second-order valence-corrected chi connectivity index (χ2v) is 81.0. The molecule has 0 saturated carbocycles. The molecule has 0 atom stereocenters. The molecule has 0 aromatic heterocycles. The Kier molecular flexibility index (Phi) is 3.16. The first-order valence-corrected chi connectivity index (χ1v) is 27.0. The van der Waals surface area contributed by atoms with Crippen molar-refractivity contribution >= 4 is 38.7 Å². The van der Waals surface area contributed by atoms with Crippen LogP contribution in [0.15, 0.2) is 0 Å². The van der Waals surface area contributed by atoms with Crippen molar-refractivity contribution < 1.29 is 1.43 Å². The van der Waals surface area contributed by atoms with Crippen LogP contribution >= 0.6 is 0 Å². The summed E-state index contributed by atoms with van der Waals surface area (Å²) in [5.41, 5.74) is 0. The molecule has 28 valence electrons. The summed E-state index contributed by atoms with van der Waals surface area (Å²) >= 11 is -0.0625. The summed E-state index contributed by atoms with van der Waals surface area (Å²) in [4.78, 5) is 0. The molecule has 0 heterocycles. The molecule has 0 bridgehead atoms. The van der Waals surface area contributed by atoms with Gasteiger partial charge in [0.2, 0.25) is 0 Å². The molecule has 0 aliphatic rings. The average Bonchev–Trinajstić information content (AvgIpc) is 0.811. The normalized spacial score (nSPS) is 18.0. The summed E-state index contributed by atoms with van der Waals surface area (Å²) < 4.78 is 0. The summed E-state index contributed by atoms with van der Waals surface area (Å²) in [6, 6.07) is 0. The average molecular weight is 168 g/mol. The molecule has 0 spiro atoms. The van der Waals surface area contributed by atoms with Crippen molar-refractivity contribution in [1.29, 1.82) is 0 Å². The van der Waals surface area contributed by atoms with Crippen molar-refractivity contribution in [3.63, 3.8) is 0 Å². The molecule has 0 N–H and O–H groups in total. The zero-order valence-electron chi connectivity index (χ0n) is 4.58. The first-order chi connectivity index (χ1) is 1.73. The Bertz CT molecular complexity index is 11.6. The number of rotatable bonds is 0. The Morgan fingerprint density at radius 2 is 1.25 bits per heavy atom. The van der Waals surface area contributed by atoms with Crippen LogP contribution in [0.2, 0.25) is 0 Å². The van der Waals surface area contributed by atoms with Crippen molar-refractivity contribution in [3.05, 3.63) is 0 Å². The molecule has 0 saturated heterocycles. The van der Waals surface area contributed by atoms with E-state index in [9.17, 15) is 0 Å². The van der Waals surface area contributed by atoms with E-state index in [-0.39, 0.29) is 13.8 Å². The van der Waals surface area contributed by atoms with Gasteiger partial charge in [0, 0.05) is 0 Å². The molecule has 0 unspecified atom stereocenters. The second kappa shape index (κ2) is 2.43. The van der Waals surface area contributed by atoms with Crippen molar-refractivity contribution in [2.24, 2.45) is 0 Å². The van der Waals surface area contributed by atoms with Crippen LogP contribution in [0.4, 0.5) is 0 Å². The predicted octanol–water partition coefficient (Wildman–Crippen LogP) is -4.09. The Morgan fingerprint density at radius 3 is 1.25 bits per heavy atom. The van der Waals surface area contributed by atoms with Gasteiger partial charge in [0.15, 0.2) is 0 Å².